The van der Waals surface area contributed by atoms with Gasteiger partial charge in [-0.25, -0.2) is 5.43 Å². The highest BCUT2D eigenvalue weighted by atomic mass is 16.6. The molecular weight excluding hydrogens is 356 g/mol. The lowest BCUT2D eigenvalue weighted by Gasteiger charge is -2.12. The zero-order valence-corrected chi connectivity index (χ0v) is 14.4. The van der Waals surface area contributed by atoms with Crippen LogP contribution in [0.5, 0.6) is 11.5 Å². The van der Waals surface area contributed by atoms with Gasteiger partial charge in [0.2, 0.25) is 0 Å². The van der Waals surface area contributed by atoms with Crippen molar-refractivity contribution in [2.24, 2.45) is 5.10 Å². The monoisotopic (exact) mass is 371 g/mol. The van der Waals surface area contributed by atoms with Gasteiger partial charge in [-0.3, -0.25) is 19.7 Å². The number of hydrogen-bond donors (Lipinski definition) is 2. The number of ether oxygens (including phenoxy) is 1. The summed E-state index contributed by atoms with van der Waals surface area (Å²) >= 11 is 0. The number of anilines is 1. The fourth-order valence-corrected chi connectivity index (χ4v) is 2.10. The van der Waals surface area contributed by atoms with Gasteiger partial charge in [-0.1, -0.05) is 12.1 Å². The van der Waals surface area contributed by atoms with Gasteiger partial charge in [0, 0.05) is 23.1 Å². The van der Waals surface area contributed by atoms with Gasteiger partial charge < -0.3 is 15.2 Å². The molecule has 0 aliphatic carbocycles. The number of hydrazone groups is 1. The fourth-order valence-electron chi connectivity index (χ4n) is 2.10. The van der Waals surface area contributed by atoms with E-state index in [0.717, 1.165) is 17.8 Å². The van der Waals surface area contributed by atoms with Gasteiger partial charge in [-0.15, -0.1) is 0 Å². The molecule has 0 atom stereocenters. The maximum atomic E-state index is 11.8. The van der Waals surface area contributed by atoms with E-state index in [1.807, 2.05) is 18.4 Å². The highest BCUT2D eigenvalue weighted by molar-refractivity contribution is 6.39. The Hall–Kier alpha value is -3.95. The van der Waals surface area contributed by atoms with Gasteiger partial charge in [0.25, 0.3) is 5.69 Å². The molecule has 140 valence electrons. The predicted molar refractivity (Wildman–Crippen MR) is 94.6 cm³/mol. The number of nitro groups is 1. The normalized spacial score (nSPS) is 10.4. The van der Waals surface area contributed by atoms with E-state index >= 15 is 0 Å². The molecule has 0 saturated heterocycles. The van der Waals surface area contributed by atoms with Crippen molar-refractivity contribution in [2.75, 3.05) is 12.4 Å². The Labute approximate surface area is 153 Å². The number of nitro benzene ring substituents is 1. The third-order valence-electron chi connectivity index (χ3n) is 3.34. The molecule has 0 aliphatic heterocycles. The van der Waals surface area contributed by atoms with Gasteiger partial charge in [-0.2, -0.15) is 5.10 Å². The molecule has 2 aromatic rings. The van der Waals surface area contributed by atoms with Crippen molar-refractivity contribution in [1.29, 1.82) is 0 Å². The number of methoxy groups -OCH3 is 1. The molecular formula is C17H15N4O6-. The molecule has 0 bridgehead atoms. The number of hydrogen-bond acceptors (Lipinski definition) is 7. The van der Waals surface area contributed by atoms with Crippen molar-refractivity contribution >= 4 is 29.4 Å². The highest BCUT2D eigenvalue weighted by Crippen LogP contribution is 2.33. The molecule has 0 fully saturated rings. The molecule has 2 aromatic carbocycles. The van der Waals surface area contributed by atoms with Crippen LogP contribution in [0.15, 0.2) is 41.5 Å². The summed E-state index contributed by atoms with van der Waals surface area (Å²) in [6.45, 7) is 1.83. The standard InChI is InChI=1S/C17H16N4O6/c1-10-4-3-5-12(6-10)19-16(23)17(24)20-18-9-11-7-13(21(25)26)15(22)14(8-11)27-2/h3-9,22H,1-2H3,(H,19,23)(H,20,24)/p-1/b18-9-. The van der Waals surface area contributed by atoms with Gasteiger partial charge in [-0.05, 0) is 30.7 Å². The quantitative estimate of drug-likeness (QED) is 0.348. The third kappa shape index (κ3) is 5.01. The number of nitrogens with zero attached hydrogens (tertiary/aromatic N) is 2. The first-order valence-electron chi connectivity index (χ1n) is 7.56. The number of rotatable bonds is 5. The van der Waals surface area contributed by atoms with Crippen molar-refractivity contribution in [2.45, 2.75) is 6.92 Å². The van der Waals surface area contributed by atoms with Crippen LogP contribution in [0.4, 0.5) is 11.4 Å². The van der Waals surface area contributed by atoms with E-state index in [1.165, 1.54) is 13.2 Å². The summed E-state index contributed by atoms with van der Waals surface area (Å²) in [6.07, 6.45) is 1.05. The molecule has 0 radical (unpaired) electrons. The average Bonchev–Trinajstić information content (AvgIpc) is 2.62. The Bertz CT molecular complexity index is 926. The zero-order chi connectivity index (χ0) is 20.0. The fraction of sp³-hybridized carbons (Fsp3) is 0.118. The van der Waals surface area contributed by atoms with Crippen LogP contribution in [0, 0.1) is 17.0 Å². The molecule has 2 N–H and O–H groups in total. The summed E-state index contributed by atoms with van der Waals surface area (Å²) in [4.78, 5) is 33.6. The number of benzene rings is 2. The van der Waals surface area contributed by atoms with Crippen LogP contribution in [0.1, 0.15) is 11.1 Å². The van der Waals surface area contributed by atoms with Crippen molar-refractivity contribution in [3.63, 3.8) is 0 Å². The van der Waals surface area contributed by atoms with Crippen LogP contribution >= 0.6 is 0 Å². The molecule has 0 unspecified atom stereocenters. The van der Waals surface area contributed by atoms with Crippen LogP contribution in [-0.4, -0.2) is 30.1 Å². The molecule has 0 heterocycles. The number of carbonyl (C=O) groups excluding carboxylic acids is 2. The van der Waals surface area contributed by atoms with Crippen LogP contribution in [0.25, 0.3) is 0 Å². The van der Waals surface area contributed by atoms with E-state index in [9.17, 15) is 24.8 Å². The van der Waals surface area contributed by atoms with Crippen LogP contribution < -0.4 is 20.6 Å². The number of nitrogens with one attached hydrogen (secondary N) is 2. The second kappa shape index (κ2) is 8.43. The minimum absolute atomic E-state index is 0.137. The summed E-state index contributed by atoms with van der Waals surface area (Å²) in [5.74, 6) is -3.08. The summed E-state index contributed by atoms with van der Waals surface area (Å²) < 4.78 is 4.79. The lowest BCUT2D eigenvalue weighted by molar-refractivity contribution is -0.398. The van der Waals surface area contributed by atoms with Crippen molar-refractivity contribution in [3.05, 3.63) is 57.6 Å². The topological polar surface area (TPSA) is 146 Å². The predicted octanol–water partition coefficient (Wildman–Crippen LogP) is 1.07. The molecule has 10 heteroatoms. The van der Waals surface area contributed by atoms with E-state index in [4.69, 9.17) is 4.74 Å². The summed E-state index contributed by atoms with van der Waals surface area (Å²) in [5.41, 5.74) is 2.79. The molecule has 2 rings (SSSR count). The molecule has 27 heavy (non-hydrogen) atoms. The van der Waals surface area contributed by atoms with Gasteiger partial charge in [0.05, 0.1) is 18.2 Å². The van der Waals surface area contributed by atoms with Crippen LogP contribution in [0.2, 0.25) is 0 Å². The van der Waals surface area contributed by atoms with Crippen molar-refractivity contribution < 1.29 is 24.4 Å². The lowest BCUT2D eigenvalue weighted by atomic mass is 10.2. The minimum Gasteiger partial charge on any atom is -0.865 e. The molecule has 0 aliphatic rings. The second-order valence-electron chi connectivity index (χ2n) is 5.35. The Morgan fingerprint density at radius 3 is 2.59 bits per heavy atom. The largest absolute Gasteiger partial charge is 0.865 e. The van der Waals surface area contributed by atoms with E-state index in [0.29, 0.717) is 5.69 Å². The van der Waals surface area contributed by atoms with E-state index < -0.39 is 28.2 Å². The molecule has 0 aromatic heterocycles. The SMILES string of the molecule is COc1cc(/C=N\NC(=O)C(=O)Nc2cccc(C)c2)cc([N+](=O)[O-])c1[O-]. The summed E-state index contributed by atoms with van der Waals surface area (Å²) in [6, 6.07) is 9.06. The van der Waals surface area contributed by atoms with Crippen LogP contribution in [0.3, 0.4) is 0 Å². The smallest absolute Gasteiger partial charge is 0.329 e. The number of carbonyl (C=O) groups is 2. The van der Waals surface area contributed by atoms with Crippen LogP contribution in [-0.2, 0) is 9.59 Å². The van der Waals surface area contributed by atoms with Crippen molar-refractivity contribution in [1.82, 2.24) is 5.43 Å². The Morgan fingerprint density at radius 1 is 1.22 bits per heavy atom. The van der Waals surface area contributed by atoms with E-state index in [2.05, 4.69) is 10.4 Å². The Kier molecular flexibility index (Phi) is 6.05. The first-order chi connectivity index (χ1) is 12.8. The minimum atomic E-state index is -1.03. The Morgan fingerprint density at radius 2 is 1.96 bits per heavy atom. The number of amides is 2. The first-order valence-corrected chi connectivity index (χ1v) is 7.56. The number of aryl methyl sites for hydroxylation is 1. The summed E-state index contributed by atoms with van der Waals surface area (Å²) in [5, 5.41) is 28.6. The first kappa shape index (κ1) is 19.4. The third-order valence-corrected chi connectivity index (χ3v) is 3.34. The zero-order valence-electron chi connectivity index (χ0n) is 14.4. The molecule has 0 saturated carbocycles. The highest BCUT2D eigenvalue weighted by Gasteiger charge is 2.14. The second-order valence-corrected chi connectivity index (χ2v) is 5.35. The lowest BCUT2D eigenvalue weighted by Crippen LogP contribution is -2.32. The summed E-state index contributed by atoms with van der Waals surface area (Å²) in [7, 11) is 1.19. The van der Waals surface area contributed by atoms with Gasteiger partial charge in [0.15, 0.2) is 0 Å². The molecule has 10 nitrogen and oxygen atoms in total. The van der Waals surface area contributed by atoms with E-state index in [-0.39, 0.29) is 11.3 Å². The van der Waals surface area contributed by atoms with E-state index in [1.54, 1.807) is 18.2 Å². The Balaban J connectivity index is 2.06. The van der Waals surface area contributed by atoms with Gasteiger partial charge in [0.1, 0.15) is 5.75 Å². The maximum absolute atomic E-state index is 11.8. The molecule has 0 spiro atoms. The van der Waals surface area contributed by atoms with Crippen molar-refractivity contribution in [3.8, 4) is 11.5 Å². The average molecular weight is 371 g/mol. The molecule has 2 amide bonds. The van der Waals surface area contributed by atoms with Gasteiger partial charge >= 0.3 is 11.8 Å². The maximum Gasteiger partial charge on any atom is 0.329 e.